The summed E-state index contributed by atoms with van der Waals surface area (Å²) in [4.78, 5) is 12.2. The average Bonchev–Trinajstić information content (AvgIpc) is 2.53. The quantitative estimate of drug-likeness (QED) is 0.871. The van der Waals surface area contributed by atoms with Gasteiger partial charge in [-0.15, -0.1) is 0 Å². The van der Waals surface area contributed by atoms with Crippen LogP contribution in [0.5, 0.6) is 11.5 Å². The summed E-state index contributed by atoms with van der Waals surface area (Å²) < 4.78 is 10.9. The first-order valence-electron chi connectivity index (χ1n) is 7.67. The summed E-state index contributed by atoms with van der Waals surface area (Å²) in [5, 5.41) is 2.83. The molecule has 0 radical (unpaired) electrons. The molecule has 0 aromatic heterocycles. The molecule has 0 spiro atoms. The fraction of sp³-hybridized carbons (Fsp3) is 0.316. The highest BCUT2D eigenvalue weighted by Crippen LogP contribution is 2.27. The summed E-state index contributed by atoms with van der Waals surface area (Å²) in [5.41, 5.74) is 2.79. The van der Waals surface area contributed by atoms with Gasteiger partial charge in [-0.05, 0) is 42.2 Å². The minimum Gasteiger partial charge on any atom is -0.495 e. The number of hydrogen-bond donors (Lipinski definition) is 1. The standard InChI is InChI=1S/C19H23NO3/c1-13(2)15-7-5-6-8-17(15)23-12-19(21)20-16-11-14(3)9-10-18(16)22-4/h5-11,13H,12H2,1-4H3,(H,20,21). The fourth-order valence-electron chi connectivity index (χ4n) is 2.34. The van der Waals surface area contributed by atoms with Crippen LogP contribution in [-0.4, -0.2) is 19.6 Å². The van der Waals surface area contributed by atoms with Crippen molar-refractivity contribution in [2.24, 2.45) is 0 Å². The van der Waals surface area contributed by atoms with Gasteiger partial charge < -0.3 is 14.8 Å². The topological polar surface area (TPSA) is 47.6 Å². The van der Waals surface area contributed by atoms with Gasteiger partial charge in [0.1, 0.15) is 11.5 Å². The lowest BCUT2D eigenvalue weighted by Crippen LogP contribution is -2.21. The SMILES string of the molecule is COc1ccc(C)cc1NC(=O)COc1ccccc1C(C)C. The molecule has 0 saturated heterocycles. The number of para-hydroxylation sites is 1. The van der Waals surface area contributed by atoms with Crippen LogP contribution in [0.2, 0.25) is 0 Å². The van der Waals surface area contributed by atoms with Crippen molar-refractivity contribution in [1.29, 1.82) is 0 Å². The van der Waals surface area contributed by atoms with Gasteiger partial charge in [0.25, 0.3) is 5.91 Å². The Hall–Kier alpha value is -2.49. The molecule has 0 aliphatic rings. The minimum absolute atomic E-state index is 0.0408. The number of carbonyl (C=O) groups is 1. The van der Waals surface area contributed by atoms with Crippen molar-refractivity contribution in [3.8, 4) is 11.5 Å². The highest BCUT2D eigenvalue weighted by molar-refractivity contribution is 5.93. The molecule has 1 amide bonds. The predicted octanol–water partition coefficient (Wildman–Crippen LogP) is 4.14. The molecular formula is C19H23NO3. The van der Waals surface area contributed by atoms with Gasteiger partial charge in [0.15, 0.2) is 6.61 Å². The number of benzene rings is 2. The van der Waals surface area contributed by atoms with Gasteiger partial charge in [0, 0.05) is 0 Å². The number of rotatable bonds is 6. The Kier molecular flexibility index (Phi) is 5.63. The van der Waals surface area contributed by atoms with Crippen LogP contribution in [0.4, 0.5) is 5.69 Å². The van der Waals surface area contributed by atoms with E-state index in [-0.39, 0.29) is 12.5 Å². The number of carbonyl (C=O) groups excluding carboxylic acids is 1. The average molecular weight is 313 g/mol. The van der Waals surface area contributed by atoms with Crippen LogP contribution >= 0.6 is 0 Å². The van der Waals surface area contributed by atoms with Crippen molar-refractivity contribution in [3.05, 3.63) is 53.6 Å². The summed E-state index contributed by atoms with van der Waals surface area (Å²) in [6.45, 7) is 6.12. The van der Waals surface area contributed by atoms with Gasteiger partial charge in [-0.1, -0.05) is 38.1 Å². The van der Waals surface area contributed by atoms with Crippen LogP contribution in [0, 0.1) is 6.92 Å². The zero-order valence-electron chi connectivity index (χ0n) is 14.1. The molecule has 23 heavy (non-hydrogen) atoms. The van der Waals surface area contributed by atoms with E-state index < -0.39 is 0 Å². The number of amides is 1. The molecule has 0 atom stereocenters. The molecule has 0 heterocycles. The van der Waals surface area contributed by atoms with E-state index in [1.165, 1.54) is 0 Å². The van der Waals surface area contributed by atoms with Gasteiger partial charge in [-0.3, -0.25) is 4.79 Å². The Balaban J connectivity index is 2.03. The molecule has 2 aromatic rings. The first-order valence-corrected chi connectivity index (χ1v) is 7.67. The number of hydrogen-bond acceptors (Lipinski definition) is 3. The lowest BCUT2D eigenvalue weighted by atomic mass is 10.0. The molecule has 0 fully saturated rings. The number of methoxy groups -OCH3 is 1. The van der Waals surface area contributed by atoms with E-state index in [4.69, 9.17) is 9.47 Å². The zero-order chi connectivity index (χ0) is 16.8. The Labute approximate surface area is 137 Å². The van der Waals surface area contributed by atoms with E-state index in [1.54, 1.807) is 7.11 Å². The Morgan fingerprint density at radius 1 is 1.13 bits per heavy atom. The molecular weight excluding hydrogens is 290 g/mol. The highest BCUT2D eigenvalue weighted by Gasteiger charge is 2.11. The summed E-state index contributed by atoms with van der Waals surface area (Å²) in [7, 11) is 1.58. The van der Waals surface area contributed by atoms with E-state index in [0.717, 1.165) is 16.9 Å². The van der Waals surface area contributed by atoms with E-state index in [9.17, 15) is 4.79 Å². The largest absolute Gasteiger partial charge is 0.495 e. The van der Waals surface area contributed by atoms with Gasteiger partial charge in [-0.2, -0.15) is 0 Å². The smallest absolute Gasteiger partial charge is 0.262 e. The van der Waals surface area contributed by atoms with E-state index in [0.29, 0.717) is 17.4 Å². The van der Waals surface area contributed by atoms with E-state index in [2.05, 4.69) is 19.2 Å². The maximum absolute atomic E-state index is 12.2. The highest BCUT2D eigenvalue weighted by atomic mass is 16.5. The van der Waals surface area contributed by atoms with Gasteiger partial charge in [-0.25, -0.2) is 0 Å². The zero-order valence-corrected chi connectivity index (χ0v) is 14.1. The molecule has 0 aliphatic heterocycles. The number of aryl methyl sites for hydroxylation is 1. The molecule has 4 heteroatoms. The van der Waals surface area contributed by atoms with Crippen LogP contribution in [0.25, 0.3) is 0 Å². The Morgan fingerprint density at radius 3 is 2.57 bits per heavy atom. The molecule has 0 unspecified atom stereocenters. The van der Waals surface area contributed by atoms with Crippen LogP contribution in [0.1, 0.15) is 30.9 Å². The van der Waals surface area contributed by atoms with Crippen molar-refractivity contribution in [2.45, 2.75) is 26.7 Å². The number of anilines is 1. The molecule has 2 aromatic carbocycles. The first kappa shape index (κ1) is 16.9. The van der Waals surface area contributed by atoms with Crippen molar-refractivity contribution < 1.29 is 14.3 Å². The molecule has 0 aliphatic carbocycles. The molecule has 0 bridgehead atoms. The monoisotopic (exact) mass is 313 g/mol. The lowest BCUT2D eigenvalue weighted by Gasteiger charge is -2.14. The Bertz CT molecular complexity index is 680. The second-order valence-electron chi connectivity index (χ2n) is 5.73. The molecule has 4 nitrogen and oxygen atoms in total. The summed E-state index contributed by atoms with van der Waals surface area (Å²) in [5.74, 6) is 1.50. The van der Waals surface area contributed by atoms with Gasteiger partial charge >= 0.3 is 0 Å². The first-order chi connectivity index (χ1) is 11.0. The van der Waals surface area contributed by atoms with Gasteiger partial charge in [0.05, 0.1) is 12.8 Å². The maximum Gasteiger partial charge on any atom is 0.262 e. The summed E-state index contributed by atoms with van der Waals surface area (Å²) in [6.07, 6.45) is 0. The van der Waals surface area contributed by atoms with Crippen molar-refractivity contribution in [2.75, 3.05) is 19.0 Å². The number of nitrogens with one attached hydrogen (secondary N) is 1. The summed E-state index contributed by atoms with van der Waals surface area (Å²) in [6, 6.07) is 13.4. The van der Waals surface area contributed by atoms with Crippen molar-refractivity contribution >= 4 is 11.6 Å². The molecule has 2 rings (SSSR count). The van der Waals surface area contributed by atoms with Crippen LogP contribution < -0.4 is 14.8 Å². The van der Waals surface area contributed by atoms with Gasteiger partial charge in [0.2, 0.25) is 0 Å². The fourth-order valence-corrected chi connectivity index (χ4v) is 2.34. The number of ether oxygens (including phenoxy) is 2. The molecule has 122 valence electrons. The van der Waals surface area contributed by atoms with Crippen molar-refractivity contribution in [3.63, 3.8) is 0 Å². The predicted molar refractivity (Wildman–Crippen MR) is 92.4 cm³/mol. The second-order valence-corrected chi connectivity index (χ2v) is 5.73. The second kappa shape index (κ2) is 7.68. The van der Waals surface area contributed by atoms with E-state index >= 15 is 0 Å². The molecule has 0 saturated carbocycles. The van der Waals surface area contributed by atoms with Crippen LogP contribution in [-0.2, 0) is 4.79 Å². The Morgan fingerprint density at radius 2 is 1.87 bits per heavy atom. The normalized spacial score (nSPS) is 10.5. The third-order valence-corrected chi connectivity index (χ3v) is 3.53. The third kappa shape index (κ3) is 4.49. The summed E-state index contributed by atoms with van der Waals surface area (Å²) >= 11 is 0. The minimum atomic E-state index is -0.215. The molecule has 1 N–H and O–H groups in total. The third-order valence-electron chi connectivity index (χ3n) is 3.53. The lowest BCUT2D eigenvalue weighted by molar-refractivity contribution is -0.118. The van der Waals surface area contributed by atoms with Crippen LogP contribution in [0.15, 0.2) is 42.5 Å². The maximum atomic E-state index is 12.2. The van der Waals surface area contributed by atoms with Crippen molar-refractivity contribution in [1.82, 2.24) is 0 Å². The van der Waals surface area contributed by atoms with Crippen LogP contribution in [0.3, 0.4) is 0 Å². The van der Waals surface area contributed by atoms with E-state index in [1.807, 2.05) is 49.4 Å².